The summed E-state index contributed by atoms with van der Waals surface area (Å²) >= 11 is 13.0. The highest BCUT2D eigenvalue weighted by atomic mass is 35.5. The van der Waals surface area contributed by atoms with Gasteiger partial charge in [0.2, 0.25) is 12.3 Å². The predicted molar refractivity (Wildman–Crippen MR) is 117 cm³/mol. The number of aromatic nitrogens is 2. The highest BCUT2D eigenvalue weighted by Crippen LogP contribution is 2.56. The largest absolute Gasteiger partial charge is 0.343 e. The molecule has 1 aliphatic carbocycles. The second-order valence-electron chi connectivity index (χ2n) is 7.42. The molecule has 0 spiro atoms. The summed E-state index contributed by atoms with van der Waals surface area (Å²) in [6, 6.07) is 9.59. The highest BCUT2D eigenvalue weighted by molar-refractivity contribution is 7.91. The van der Waals surface area contributed by atoms with Crippen LogP contribution in [-0.4, -0.2) is 30.2 Å². The van der Waals surface area contributed by atoms with Gasteiger partial charge in [-0.1, -0.05) is 47.4 Å². The second-order valence-corrected chi connectivity index (χ2v) is 10.5. The molecule has 1 aliphatic rings. The molecule has 2 aromatic carbocycles. The van der Waals surface area contributed by atoms with Crippen molar-refractivity contribution >= 4 is 44.6 Å². The van der Waals surface area contributed by atoms with Crippen molar-refractivity contribution in [2.24, 2.45) is 0 Å². The lowest BCUT2D eigenvalue weighted by atomic mass is 9.94. The lowest BCUT2D eigenvalue weighted by Gasteiger charge is -2.17. The number of carbonyl (C=O) groups excluding carboxylic acids is 1. The van der Waals surface area contributed by atoms with E-state index in [2.05, 4.69) is 15.5 Å². The fourth-order valence-electron chi connectivity index (χ4n) is 3.57. The van der Waals surface area contributed by atoms with Crippen LogP contribution in [0, 0.1) is 0 Å². The molecule has 7 nitrogen and oxygen atoms in total. The average molecular weight is 480 g/mol. The van der Waals surface area contributed by atoms with Gasteiger partial charge in [-0.3, -0.25) is 4.79 Å². The van der Waals surface area contributed by atoms with E-state index in [9.17, 15) is 13.2 Å². The minimum atomic E-state index is -3.27. The number of hydrogen-bond acceptors (Lipinski definition) is 6. The van der Waals surface area contributed by atoms with Gasteiger partial charge >= 0.3 is 0 Å². The van der Waals surface area contributed by atoms with Crippen LogP contribution < -0.4 is 5.32 Å². The summed E-state index contributed by atoms with van der Waals surface area (Å²) in [6.45, 7) is 1.59. The number of halogens is 2. The van der Waals surface area contributed by atoms with Crippen molar-refractivity contribution in [1.29, 1.82) is 0 Å². The Hall–Kier alpha value is -2.42. The van der Waals surface area contributed by atoms with Gasteiger partial charge in [0, 0.05) is 21.3 Å². The van der Waals surface area contributed by atoms with Crippen molar-refractivity contribution in [2.75, 3.05) is 11.1 Å². The maximum absolute atomic E-state index is 12.5. The molecular formula is C21H19Cl2N3O4S. The Morgan fingerprint density at radius 2 is 1.81 bits per heavy atom. The third-order valence-electron chi connectivity index (χ3n) is 5.37. The quantitative estimate of drug-likeness (QED) is 0.537. The topological polar surface area (TPSA) is 102 Å². The van der Waals surface area contributed by atoms with Gasteiger partial charge in [0.15, 0.2) is 15.7 Å². The Balaban J connectivity index is 1.48. The zero-order valence-electron chi connectivity index (χ0n) is 16.6. The van der Waals surface area contributed by atoms with Crippen molar-refractivity contribution in [2.45, 2.75) is 36.5 Å². The zero-order chi connectivity index (χ0) is 22.2. The summed E-state index contributed by atoms with van der Waals surface area (Å²) in [5.41, 5.74) is 1.43. The van der Waals surface area contributed by atoms with Gasteiger partial charge in [-0.15, -0.1) is 0 Å². The van der Waals surface area contributed by atoms with E-state index in [0.717, 1.165) is 18.4 Å². The molecular weight excluding hydrogens is 461 g/mol. The van der Waals surface area contributed by atoms with Crippen LogP contribution in [0.4, 0.5) is 5.69 Å². The normalized spacial score (nSPS) is 14.9. The molecule has 0 bridgehead atoms. The Labute approximate surface area is 189 Å². The van der Waals surface area contributed by atoms with Crippen molar-refractivity contribution in [3.63, 3.8) is 0 Å². The molecule has 1 amide bonds. The van der Waals surface area contributed by atoms with Crippen LogP contribution in [0.5, 0.6) is 0 Å². The summed E-state index contributed by atoms with van der Waals surface area (Å²) in [7, 11) is -3.27. The van der Waals surface area contributed by atoms with E-state index in [0.29, 0.717) is 27.1 Å². The number of benzene rings is 2. The molecule has 1 saturated carbocycles. The second kappa shape index (κ2) is 8.26. The molecule has 0 unspecified atom stereocenters. The first-order chi connectivity index (χ1) is 14.7. The SMILES string of the molecule is CCS(=O)(=O)c1ccc(CC(=O)Nc2cc(Cl)c(C3(c4ncon4)CC3)c(Cl)c2)cc1. The van der Waals surface area contributed by atoms with E-state index in [1.807, 2.05) is 0 Å². The van der Waals surface area contributed by atoms with E-state index in [1.165, 1.54) is 18.5 Å². The van der Waals surface area contributed by atoms with Gasteiger partial charge in [-0.2, -0.15) is 4.98 Å². The Morgan fingerprint density at radius 1 is 1.16 bits per heavy atom. The number of nitrogens with zero attached hydrogens (tertiary/aromatic N) is 2. The molecule has 0 aliphatic heterocycles. The maximum atomic E-state index is 12.5. The molecule has 0 saturated heterocycles. The summed E-state index contributed by atoms with van der Waals surface area (Å²) < 4.78 is 28.7. The van der Waals surface area contributed by atoms with Crippen LogP contribution in [0.15, 0.2) is 52.2 Å². The monoisotopic (exact) mass is 479 g/mol. The van der Waals surface area contributed by atoms with Gasteiger partial charge in [0.25, 0.3) is 0 Å². The summed E-state index contributed by atoms with van der Waals surface area (Å²) in [4.78, 5) is 16.9. The fraction of sp³-hybridized carbons (Fsp3) is 0.286. The van der Waals surface area contributed by atoms with Crippen molar-refractivity contribution < 1.29 is 17.7 Å². The van der Waals surface area contributed by atoms with Crippen LogP contribution in [0.3, 0.4) is 0 Å². The van der Waals surface area contributed by atoms with Gasteiger partial charge in [-0.05, 0) is 42.7 Å². The zero-order valence-corrected chi connectivity index (χ0v) is 18.9. The third kappa shape index (κ3) is 4.33. The van der Waals surface area contributed by atoms with E-state index in [4.69, 9.17) is 27.7 Å². The molecule has 0 radical (unpaired) electrons. The number of sulfone groups is 1. The number of rotatable bonds is 7. The molecule has 31 heavy (non-hydrogen) atoms. The first kappa shape index (κ1) is 21.8. The molecule has 10 heteroatoms. The lowest BCUT2D eigenvalue weighted by Crippen LogP contribution is -2.16. The van der Waals surface area contributed by atoms with Crippen molar-refractivity contribution in [3.05, 3.63) is 69.8 Å². The number of amides is 1. The van der Waals surface area contributed by atoms with Crippen LogP contribution >= 0.6 is 23.2 Å². The standard InChI is InChI=1S/C21H19Cl2N3O4S/c1-2-31(28,29)15-5-3-13(4-6-15)9-18(27)25-14-10-16(22)19(17(23)11-14)21(7-8-21)20-24-12-30-26-20/h3-6,10-12H,2,7-9H2,1H3,(H,25,27). The number of carbonyl (C=O) groups is 1. The fourth-order valence-corrected chi connectivity index (χ4v) is 5.30. The third-order valence-corrected chi connectivity index (χ3v) is 7.72. The molecule has 1 N–H and O–H groups in total. The Morgan fingerprint density at radius 3 is 2.32 bits per heavy atom. The molecule has 1 heterocycles. The molecule has 162 valence electrons. The maximum Gasteiger partial charge on any atom is 0.228 e. The lowest BCUT2D eigenvalue weighted by molar-refractivity contribution is -0.115. The minimum absolute atomic E-state index is 0.0261. The van der Waals surface area contributed by atoms with E-state index in [-0.39, 0.29) is 23.0 Å². The van der Waals surface area contributed by atoms with Gasteiger partial charge in [0.1, 0.15) is 0 Å². The Bertz CT molecular complexity index is 1200. The molecule has 0 atom stereocenters. The smallest absolute Gasteiger partial charge is 0.228 e. The minimum Gasteiger partial charge on any atom is -0.343 e. The van der Waals surface area contributed by atoms with Crippen LogP contribution in [0.25, 0.3) is 0 Å². The van der Waals surface area contributed by atoms with Crippen LogP contribution in [0.2, 0.25) is 10.0 Å². The average Bonchev–Trinajstić information content (AvgIpc) is 3.30. The first-order valence-corrected chi connectivity index (χ1v) is 12.0. The number of anilines is 1. The van der Waals surface area contributed by atoms with Crippen LogP contribution in [0.1, 0.15) is 36.7 Å². The van der Waals surface area contributed by atoms with Crippen molar-refractivity contribution in [3.8, 4) is 0 Å². The van der Waals surface area contributed by atoms with Crippen LogP contribution in [-0.2, 0) is 26.5 Å². The van der Waals surface area contributed by atoms with Crippen molar-refractivity contribution in [1.82, 2.24) is 10.1 Å². The van der Waals surface area contributed by atoms with Gasteiger partial charge in [-0.25, -0.2) is 8.42 Å². The van der Waals surface area contributed by atoms with E-state index < -0.39 is 15.3 Å². The molecule has 3 aromatic rings. The first-order valence-electron chi connectivity index (χ1n) is 9.63. The van der Waals surface area contributed by atoms with Gasteiger partial charge in [0.05, 0.1) is 22.5 Å². The molecule has 1 aromatic heterocycles. The number of nitrogens with one attached hydrogen (secondary N) is 1. The highest BCUT2D eigenvalue weighted by Gasteiger charge is 2.52. The Kier molecular flexibility index (Phi) is 5.81. The predicted octanol–water partition coefficient (Wildman–Crippen LogP) is 4.43. The van der Waals surface area contributed by atoms with Gasteiger partial charge < -0.3 is 9.84 Å². The van der Waals surface area contributed by atoms with E-state index >= 15 is 0 Å². The molecule has 1 fully saturated rings. The summed E-state index contributed by atoms with van der Waals surface area (Å²) in [6.07, 6.45) is 2.97. The summed E-state index contributed by atoms with van der Waals surface area (Å²) in [5.74, 6) is 0.296. The molecule has 4 rings (SSSR count). The van der Waals surface area contributed by atoms with E-state index in [1.54, 1.807) is 31.2 Å². The number of hydrogen-bond donors (Lipinski definition) is 1. The summed E-state index contributed by atoms with van der Waals surface area (Å²) in [5, 5.41) is 7.56.